The molecule has 0 spiro atoms. The summed E-state index contributed by atoms with van der Waals surface area (Å²) in [5.41, 5.74) is 0. The molecule has 1 aromatic heterocycles. The highest BCUT2D eigenvalue weighted by Gasteiger charge is 2.25. The number of nitrogens with zero attached hydrogens (tertiary/aromatic N) is 3. The smallest absolute Gasteiger partial charge is 0.225 e. The van der Waals surface area contributed by atoms with Gasteiger partial charge in [0.2, 0.25) is 5.95 Å². The SMILES string of the molecule is S=c1[nH]nc(N2CCCC2)n1C1CCCC1. The van der Waals surface area contributed by atoms with Crippen molar-refractivity contribution >= 4 is 18.2 Å². The van der Waals surface area contributed by atoms with Gasteiger partial charge in [0, 0.05) is 19.1 Å². The van der Waals surface area contributed by atoms with Gasteiger partial charge in [0.05, 0.1) is 0 Å². The molecule has 1 aliphatic heterocycles. The molecule has 5 heteroatoms. The summed E-state index contributed by atoms with van der Waals surface area (Å²) in [7, 11) is 0. The molecule has 0 amide bonds. The second-order valence-electron chi connectivity index (χ2n) is 4.83. The van der Waals surface area contributed by atoms with Crippen molar-refractivity contribution in [1.29, 1.82) is 0 Å². The lowest BCUT2D eigenvalue weighted by molar-refractivity contribution is 0.509. The molecule has 1 saturated carbocycles. The first-order valence-electron chi connectivity index (χ1n) is 6.28. The Bertz CT molecular complexity index is 410. The lowest BCUT2D eigenvalue weighted by Crippen LogP contribution is -2.23. The van der Waals surface area contributed by atoms with Gasteiger partial charge in [0.15, 0.2) is 4.77 Å². The number of hydrogen-bond acceptors (Lipinski definition) is 3. The molecule has 2 fully saturated rings. The van der Waals surface area contributed by atoms with Gasteiger partial charge in [-0.05, 0) is 37.9 Å². The van der Waals surface area contributed by atoms with Crippen LogP contribution in [0.4, 0.5) is 5.95 Å². The average molecular weight is 238 g/mol. The molecule has 1 aliphatic carbocycles. The summed E-state index contributed by atoms with van der Waals surface area (Å²) < 4.78 is 3.06. The van der Waals surface area contributed by atoms with Crippen LogP contribution in [0.15, 0.2) is 0 Å². The summed E-state index contributed by atoms with van der Waals surface area (Å²) in [4.78, 5) is 2.37. The van der Waals surface area contributed by atoms with Crippen LogP contribution in [0.3, 0.4) is 0 Å². The Labute approximate surface area is 101 Å². The third kappa shape index (κ3) is 1.67. The van der Waals surface area contributed by atoms with Gasteiger partial charge in [0.25, 0.3) is 0 Å². The highest BCUT2D eigenvalue weighted by atomic mass is 32.1. The van der Waals surface area contributed by atoms with E-state index in [9.17, 15) is 0 Å². The molecule has 3 rings (SSSR count). The average Bonchev–Trinajstić information content (AvgIpc) is 2.96. The van der Waals surface area contributed by atoms with Gasteiger partial charge in [-0.25, -0.2) is 5.10 Å². The molecule has 0 atom stereocenters. The van der Waals surface area contributed by atoms with E-state index in [-0.39, 0.29) is 0 Å². The molecule has 0 radical (unpaired) electrons. The van der Waals surface area contributed by atoms with E-state index in [0.717, 1.165) is 23.8 Å². The zero-order valence-electron chi connectivity index (χ0n) is 9.48. The van der Waals surface area contributed by atoms with Crippen molar-refractivity contribution in [3.8, 4) is 0 Å². The van der Waals surface area contributed by atoms with Crippen molar-refractivity contribution in [2.75, 3.05) is 18.0 Å². The molecular formula is C11H18N4S. The van der Waals surface area contributed by atoms with Crippen molar-refractivity contribution in [3.05, 3.63) is 4.77 Å². The minimum atomic E-state index is 0.585. The fourth-order valence-electron chi connectivity index (χ4n) is 2.93. The van der Waals surface area contributed by atoms with E-state index in [1.807, 2.05) is 0 Å². The van der Waals surface area contributed by atoms with E-state index >= 15 is 0 Å². The Balaban J connectivity index is 1.95. The number of H-pyrrole nitrogens is 1. The van der Waals surface area contributed by atoms with Gasteiger partial charge >= 0.3 is 0 Å². The molecule has 2 heterocycles. The van der Waals surface area contributed by atoms with E-state index in [0.29, 0.717) is 6.04 Å². The van der Waals surface area contributed by atoms with Crippen molar-refractivity contribution < 1.29 is 0 Å². The molecule has 0 unspecified atom stereocenters. The van der Waals surface area contributed by atoms with E-state index in [1.165, 1.54) is 38.5 Å². The highest BCUT2D eigenvalue weighted by Crippen LogP contribution is 2.33. The van der Waals surface area contributed by atoms with E-state index in [1.54, 1.807) is 0 Å². The number of hydrogen-bond donors (Lipinski definition) is 1. The molecular weight excluding hydrogens is 220 g/mol. The van der Waals surface area contributed by atoms with Crippen LogP contribution in [0.2, 0.25) is 0 Å². The second kappa shape index (κ2) is 4.20. The van der Waals surface area contributed by atoms with Crippen molar-refractivity contribution in [1.82, 2.24) is 14.8 Å². The zero-order valence-corrected chi connectivity index (χ0v) is 10.3. The quantitative estimate of drug-likeness (QED) is 0.805. The standard InChI is InChI=1S/C11H18N4S/c16-11-13-12-10(14-7-3-4-8-14)15(11)9-5-1-2-6-9/h9H,1-8H2,(H,13,16). The van der Waals surface area contributed by atoms with Gasteiger partial charge in [-0.2, -0.15) is 0 Å². The normalized spacial score (nSPS) is 22.1. The maximum atomic E-state index is 5.36. The van der Waals surface area contributed by atoms with Crippen LogP contribution in [0, 0.1) is 4.77 Å². The molecule has 16 heavy (non-hydrogen) atoms. The maximum absolute atomic E-state index is 5.36. The summed E-state index contributed by atoms with van der Waals surface area (Å²) >= 11 is 5.36. The Kier molecular flexibility index (Phi) is 2.71. The monoisotopic (exact) mass is 238 g/mol. The Morgan fingerprint density at radius 2 is 1.81 bits per heavy atom. The molecule has 0 bridgehead atoms. The van der Waals surface area contributed by atoms with E-state index in [2.05, 4.69) is 19.7 Å². The Morgan fingerprint density at radius 3 is 2.50 bits per heavy atom. The van der Waals surface area contributed by atoms with Crippen LogP contribution in [0.1, 0.15) is 44.6 Å². The van der Waals surface area contributed by atoms with Gasteiger partial charge in [-0.15, -0.1) is 5.10 Å². The van der Waals surface area contributed by atoms with Gasteiger partial charge in [0.1, 0.15) is 0 Å². The Hall–Kier alpha value is -0.840. The molecule has 0 aromatic carbocycles. The van der Waals surface area contributed by atoms with Crippen molar-refractivity contribution in [2.24, 2.45) is 0 Å². The minimum absolute atomic E-state index is 0.585. The topological polar surface area (TPSA) is 36.9 Å². The van der Waals surface area contributed by atoms with Crippen LogP contribution < -0.4 is 4.90 Å². The van der Waals surface area contributed by atoms with Crippen LogP contribution in [-0.2, 0) is 0 Å². The Morgan fingerprint density at radius 1 is 1.12 bits per heavy atom. The second-order valence-corrected chi connectivity index (χ2v) is 5.22. The maximum Gasteiger partial charge on any atom is 0.225 e. The first-order chi connectivity index (χ1) is 7.86. The van der Waals surface area contributed by atoms with E-state index < -0.39 is 0 Å². The van der Waals surface area contributed by atoms with Crippen LogP contribution in [0.5, 0.6) is 0 Å². The van der Waals surface area contributed by atoms with Gasteiger partial charge in [-0.3, -0.25) is 4.57 Å². The van der Waals surface area contributed by atoms with Crippen molar-refractivity contribution in [2.45, 2.75) is 44.6 Å². The first kappa shape index (κ1) is 10.3. The summed E-state index contributed by atoms with van der Waals surface area (Å²) in [6, 6.07) is 0.585. The number of anilines is 1. The largest absolute Gasteiger partial charge is 0.341 e. The molecule has 1 N–H and O–H groups in total. The summed E-state index contributed by atoms with van der Waals surface area (Å²) in [5.74, 6) is 1.08. The number of rotatable bonds is 2. The highest BCUT2D eigenvalue weighted by molar-refractivity contribution is 7.71. The molecule has 88 valence electrons. The van der Waals surface area contributed by atoms with Gasteiger partial charge < -0.3 is 4.90 Å². The lowest BCUT2D eigenvalue weighted by atomic mass is 10.2. The van der Waals surface area contributed by atoms with Gasteiger partial charge in [-0.1, -0.05) is 12.8 Å². The molecule has 2 aliphatic rings. The predicted molar refractivity (Wildman–Crippen MR) is 66.4 cm³/mol. The van der Waals surface area contributed by atoms with Crippen LogP contribution >= 0.6 is 12.2 Å². The predicted octanol–water partition coefficient (Wildman–Crippen LogP) is 2.66. The van der Waals surface area contributed by atoms with Crippen LogP contribution in [0.25, 0.3) is 0 Å². The van der Waals surface area contributed by atoms with E-state index in [4.69, 9.17) is 12.2 Å². The third-order valence-corrected chi connectivity index (χ3v) is 4.05. The fraction of sp³-hybridized carbons (Fsp3) is 0.818. The first-order valence-corrected chi connectivity index (χ1v) is 6.69. The fourth-order valence-corrected chi connectivity index (χ4v) is 3.20. The number of aromatic nitrogens is 3. The van der Waals surface area contributed by atoms with Crippen LogP contribution in [-0.4, -0.2) is 27.9 Å². The lowest BCUT2D eigenvalue weighted by Gasteiger charge is -2.20. The summed E-state index contributed by atoms with van der Waals surface area (Å²) in [6.45, 7) is 2.26. The zero-order chi connectivity index (χ0) is 11.0. The molecule has 4 nitrogen and oxygen atoms in total. The summed E-state index contributed by atoms with van der Waals surface area (Å²) in [6.07, 6.45) is 7.74. The molecule has 1 aromatic rings. The summed E-state index contributed by atoms with van der Waals surface area (Å²) in [5, 5.41) is 7.38. The minimum Gasteiger partial charge on any atom is -0.341 e. The molecule has 1 saturated heterocycles. The number of aromatic amines is 1. The van der Waals surface area contributed by atoms with Crippen molar-refractivity contribution in [3.63, 3.8) is 0 Å². The third-order valence-electron chi connectivity index (χ3n) is 3.76. The number of nitrogens with one attached hydrogen (secondary N) is 1.